The highest BCUT2D eigenvalue weighted by atomic mass is 79.9. The Kier molecular flexibility index (Phi) is 5.16. The van der Waals surface area contributed by atoms with Gasteiger partial charge in [0.05, 0.1) is 5.02 Å². The molecule has 2 rings (SSSR count). The summed E-state index contributed by atoms with van der Waals surface area (Å²) in [6.45, 7) is 0.0730. The maximum Gasteiger partial charge on any atom is 0.241 e. The number of hydrogen-bond donors (Lipinski definition) is 1. The van der Waals surface area contributed by atoms with Crippen LogP contribution in [0.2, 0.25) is 10.0 Å². The molecule has 0 spiro atoms. The molecule has 0 heterocycles. The molecule has 0 amide bonds. The highest BCUT2D eigenvalue weighted by Gasteiger charge is 2.20. The Morgan fingerprint density at radius 1 is 1.14 bits per heavy atom. The second-order valence-electron chi connectivity index (χ2n) is 4.14. The van der Waals surface area contributed by atoms with Crippen molar-refractivity contribution in [2.75, 3.05) is 0 Å². The summed E-state index contributed by atoms with van der Waals surface area (Å²) in [5.74, 6) is 0.00212. The average molecular weight is 411 g/mol. The van der Waals surface area contributed by atoms with Gasteiger partial charge in [-0.05, 0) is 18.2 Å². The van der Waals surface area contributed by atoms with E-state index in [0.29, 0.717) is 15.1 Å². The lowest BCUT2D eigenvalue weighted by atomic mass is 10.2. The van der Waals surface area contributed by atoms with E-state index in [1.807, 2.05) is 0 Å². The fourth-order valence-corrected chi connectivity index (χ4v) is 3.63. The van der Waals surface area contributed by atoms with Gasteiger partial charge in [-0.25, -0.2) is 13.6 Å². The molecule has 0 radical (unpaired) electrons. The lowest BCUT2D eigenvalue weighted by Crippen LogP contribution is -2.14. The molecule has 0 aliphatic carbocycles. The van der Waals surface area contributed by atoms with Crippen molar-refractivity contribution >= 4 is 49.2 Å². The Balaban J connectivity index is 2.39. The number of benzene rings is 2. The zero-order valence-corrected chi connectivity index (χ0v) is 14.4. The molecule has 112 valence electrons. The smallest absolute Gasteiger partial charge is 0.241 e. The van der Waals surface area contributed by atoms with Crippen LogP contribution in [0.25, 0.3) is 0 Å². The maximum atomic E-state index is 11.6. The van der Waals surface area contributed by atoms with Gasteiger partial charge < -0.3 is 4.74 Å². The van der Waals surface area contributed by atoms with Crippen molar-refractivity contribution in [2.24, 2.45) is 5.14 Å². The van der Waals surface area contributed by atoms with Crippen LogP contribution < -0.4 is 9.88 Å². The summed E-state index contributed by atoms with van der Waals surface area (Å²) in [4.78, 5) is -0.186. The van der Waals surface area contributed by atoms with E-state index in [0.717, 1.165) is 0 Å². The predicted molar refractivity (Wildman–Crippen MR) is 86.3 cm³/mol. The standard InChI is InChI=1S/C13H10BrCl2NO3S/c14-9-5-11(16)13(12(6-9)21(17,18)19)20-7-8-3-1-2-4-10(8)15/h1-6H,7H2,(H2,17,18,19). The molecule has 0 aliphatic rings. The normalized spacial score (nSPS) is 11.4. The summed E-state index contributed by atoms with van der Waals surface area (Å²) in [7, 11) is -3.97. The van der Waals surface area contributed by atoms with E-state index in [-0.39, 0.29) is 22.3 Å². The van der Waals surface area contributed by atoms with E-state index in [4.69, 9.17) is 33.1 Å². The number of primary sulfonamides is 1. The van der Waals surface area contributed by atoms with E-state index in [1.54, 1.807) is 24.3 Å². The second-order valence-corrected chi connectivity index (χ2v) is 7.40. The number of rotatable bonds is 4. The van der Waals surface area contributed by atoms with Crippen LogP contribution in [0.5, 0.6) is 5.75 Å². The quantitative estimate of drug-likeness (QED) is 0.828. The third-order valence-electron chi connectivity index (χ3n) is 2.61. The van der Waals surface area contributed by atoms with Crippen LogP contribution >= 0.6 is 39.1 Å². The van der Waals surface area contributed by atoms with Gasteiger partial charge in [-0.3, -0.25) is 0 Å². The number of sulfonamides is 1. The molecule has 0 aromatic heterocycles. The van der Waals surface area contributed by atoms with E-state index in [9.17, 15) is 8.42 Å². The summed E-state index contributed by atoms with van der Waals surface area (Å²) >= 11 is 15.2. The molecule has 0 unspecified atom stereocenters. The molecule has 2 N–H and O–H groups in total. The first-order valence-corrected chi connectivity index (χ1v) is 8.76. The molecule has 2 aromatic rings. The van der Waals surface area contributed by atoms with Gasteiger partial charge in [0.25, 0.3) is 0 Å². The van der Waals surface area contributed by atoms with Gasteiger partial charge in [-0.1, -0.05) is 57.3 Å². The van der Waals surface area contributed by atoms with Crippen LogP contribution in [-0.4, -0.2) is 8.42 Å². The molecule has 21 heavy (non-hydrogen) atoms. The topological polar surface area (TPSA) is 69.4 Å². The molecule has 4 nitrogen and oxygen atoms in total. The SMILES string of the molecule is NS(=O)(=O)c1cc(Br)cc(Cl)c1OCc1ccccc1Cl. The Bertz CT molecular complexity index is 781. The lowest BCUT2D eigenvalue weighted by Gasteiger charge is -2.13. The summed E-state index contributed by atoms with van der Waals surface area (Å²) in [5, 5.41) is 5.84. The minimum absolute atomic E-state index is 0.00212. The van der Waals surface area contributed by atoms with Crippen molar-refractivity contribution in [3.8, 4) is 5.75 Å². The average Bonchev–Trinajstić information content (AvgIpc) is 2.37. The Hall–Kier alpha value is -0.790. The second kappa shape index (κ2) is 6.54. The third-order valence-corrected chi connectivity index (χ3v) is 4.63. The van der Waals surface area contributed by atoms with Gasteiger partial charge in [-0.15, -0.1) is 0 Å². The molecule has 0 atom stereocenters. The summed E-state index contributed by atoms with van der Waals surface area (Å²) in [6.07, 6.45) is 0. The molecule has 0 bridgehead atoms. The Morgan fingerprint density at radius 3 is 2.43 bits per heavy atom. The van der Waals surface area contributed by atoms with Crippen LogP contribution in [0.15, 0.2) is 45.8 Å². The number of hydrogen-bond acceptors (Lipinski definition) is 3. The number of ether oxygens (including phenoxy) is 1. The van der Waals surface area contributed by atoms with Crippen molar-refractivity contribution in [1.29, 1.82) is 0 Å². The zero-order valence-electron chi connectivity index (χ0n) is 10.5. The monoisotopic (exact) mass is 409 g/mol. The molecule has 2 aromatic carbocycles. The predicted octanol–water partition coefficient (Wildman–Crippen LogP) is 3.98. The van der Waals surface area contributed by atoms with Crippen LogP contribution in [0.4, 0.5) is 0 Å². The molecule has 0 saturated carbocycles. The van der Waals surface area contributed by atoms with Crippen LogP contribution in [-0.2, 0) is 16.6 Å². The number of nitrogens with two attached hydrogens (primary N) is 1. The molecule has 0 aliphatic heterocycles. The van der Waals surface area contributed by atoms with Gasteiger partial charge in [0, 0.05) is 15.1 Å². The van der Waals surface area contributed by atoms with Crippen LogP contribution in [0.3, 0.4) is 0 Å². The first-order valence-electron chi connectivity index (χ1n) is 5.67. The van der Waals surface area contributed by atoms with E-state index < -0.39 is 10.0 Å². The van der Waals surface area contributed by atoms with Crippen LogP contribution in [0, 0.1) is 0 Å². The first-order chi connectivity index (χ1) is 9.79. The molecule has 0 fully saturated rings. The van der Waals surface area contributed by atoms with E-state index >= 15 is 0 Å². The zero-order chi connectivity index (χ0) is 15.6. The van der Waals surface area contributed by atoms with Crippen molar-refractivity contribution < 1.29 is 13.2 Å². The summed E-state index contributed by atoms with van der Waals surface area (Å²) < 4.78 is 29.3. The molecular weight excluding hydrogens is 401 g/mol. The fraction of sp³-hybridized carbons (Fsp3) is 0.0769. The minimum Gasteiger partial charge on any atom is -0.486 e. The van der Waals surface area contributed by atoms with Gasteiger partial charge in [0.2, 0.25) is 10.0 Å². The summed E-state index contributed by atoms with van der Waals surface area (Å²) in [6, 6.07) is 9.93. The van der Waals surface area contributed by atoms with Gasteiger partial charge >= 0.3 is 0 Å². The Labute approximate surface area is 141 Å². The van der Waals surface area contributed by atoms with Gasteiger partial charge in [-0.2, -0.15) is 0 Å². The van der Waals surface area contributed by atoms with E-state index in [2.05, 4.69) is 15.9 Å². The fourth-order valence-electron chi connectivity index (χ4n) is 1.65. The summed E-state index contributed by atoms with van der Waals surface area (Å²) in [5.41, 5.74) is 0.707. The van der Waals surface area contributed by atoms with Crippen molar-refractivity contribution in [3.05, 3.63) is 56.5 Å². The first kappa shape index (κ1) is 16.6. The van der Waals surface area contributed by atoms with Gasteiger partial charge in [0.1, 0.15) is 11.5 Å². The largest absolute Gasteiger partial charge is 0.486 e. The minimum atomic E-state index is -3.97. The van der Waals surface area contributed by atoms with Crippen molar-refractivity contribution in [1.82, 2.24) is 0 Å². The van der Waals surface area contributed by atoms with E-state index in [1.165, 1.54) is 12.1 Å². The highest BCUT2D eigenvalue weighted by Crippen LogP contribution is 2.35. The maximum absolute atomic E-state index is 11.6. The van der Waals surface area contributed by atoms with Crippen molar-refractivity contribution in [2.45, 2.75) is 11.5 Å². The third kappa shape index (κ3) is 4.11. The lowest BCUT2D eigenvalue weighted by molar-refractivity contribution is 0.298. The number of halogens is 3. The highest BCUT2D eigenvalue weighted by molar-refractivity contribution is 9.10. The molecule has 0 saturated heterocycles. The van der Waals surface area contributed by atoms with Gasteiger partial charge in [0.15, 0.2) is 5.75 Å². The van der Waals surface area contributed by atoms with Crippen LogP contribution in [0.1, 0.15) is 5.56 Å². The Morgan fingerprint density at radius 2 is 1.81 bits per heavy atom. The molecular formula is C13H10BrCl2NO3S. The van der Waals surface area contributed by atoms with Crippen molar-refractivity contribution in [3.63, 3.8) is 0 Å². The molecule has 8 heteroatoms.